The van der Waals surface area contributed by atoms with Gasteiger partial charge in [-0.15, -0.1) is 0 Å². The van der Waals surface area contributed by atoms with Gasteiger partial charge in [0, 0.05) is 18.4 Å². The van der Waals surface area contributed by atoms with Crippen molar-refractivity contribution in [3.63, 3.8) is 0 Å². The Morgan fingerprint density at radius 2 is 1.63 bits per heavy atom. The molecule has 3 aromatic rings. The number of allylic oxidation sites excluding steroid dienone is 2. The normalized spacial score (nSPS) is 23.2. The third-order valence-electron chi connectivity index (χ3n) is 7.97. The molecule has 2 saturated heterocycles. The number of rotatable bonds is 4. The molecule has 6 rings (SSSR count). The maximum absolute atomic E-state index is 13.1. The molecule has 0 bridgehead atoms. The number of aryl methyl sites for hydroxylation is 1. The van der Waals surface area contributed by atoms with Crippen molar-refractivity contribution in [1.82, 2.24) is 0 Å². The van der Waals surface area contributed by atoms with Crippen molar-refractivity contribution in [1.29, 1.82) is 0 Å². The average Bonchev–Trinajstić information content (AvgIpc) is 3.41. The van der Waals surface area contributed by atoms with Gasteiger partial charge in [-0.3, -0.25) is 19.2 Å². The number of nitrogens with zero attached hydrogens (tertiary/aromatic N) is 2. The van der Waals surface area contributed by atoms with Crippen molar-refractivity contribution in [2.75, 3.05) is 16.3 Å². The second-order valence-corrected chi connectivity index (χ2v) is 10.5. The highest BCUT2D eigenvalue weighted by Gasteiger charge is 2.49. The lowest BCUT2D eigenvalue weighted by Gasteiger charge is -2.19. The number of hydrogen-bond donors (Lipinski definition) is 0. The highest BCUT2D eigenvalue weighted by molar-refractivity contribution is 6.22. The number of imide groups is 1. The minimum Gasteiger partial charge on any atom is -0.426 e. The van der Waals surface area contributed by atoms with Crippen LogP contribution in [0.15, 0.2) is 72.3 Å². The summed E-state index contributed by atoms with van der Waals surface area (Å²) >= 11 is 0. The van der Waals surface area contributed by atoms with Gasteiger partial charge in [0.2, 0.25) is 17.7 Å². The van der Waals surface area contributed by atoms with Crippen LogP contribution in [0.5, 0.6) is 5.75 Å². The van der Waals surface area contributed by atoms with E-state index in [0.717, 1.165) is 22.0 Å². The van der Waals surface area contributed by atoms with Gasteiger partial charge in [-0.25, -0.2) is 4.90 Å². The molecule has 3 aliphatic rings. The molecule has 3 aromatic carbocycles. The molecule has 192 valence electrons. The van der Waals surface area contributed by atoms with Crippen LogP contribution < -0.4 is 14.5 Å². The summed E-state index contributed by atoms with van der Waals surface area (Å²) in [5, 5.41) is 1.99. The predicted molar refractivity (Wildman–Crippen MR) is 144 cm³/mol. The molecular formula is C31H28N2O5. The van der Waals surface area contributed by atoms with Crippen molar-refractivity contribution in [3.8, 4) is 5.75 Å². The molecule has 2 fully saturated rings. The zero-order valence-electron chi connectivity index (χ0n) is 21.3. The van der Waals surface area contributed by atoms with Gasteiger partial charge in [0.25, 0.3) is 0 Å². The Morgan fingerprint density at radius 3 is 2.45 bits per heavy atom. The van der Waals surface area contributed by atoms with E-state index in [1.54, 1.807) is 30.0 Å². The van der Waals surface area contributed by atoms with Crippen LogP contribution in [0, 0.1) is 24.7 Å². The van der Waals surface area contributed by atoms with E-state index < -0.39 is 11.9 Å². The van der Waals surface area contributed by atoms with E-state index in [2.05, 4.69) is 0 Å². The number of ether oxygens (including phenoxy) is 1. The topological polar surface area (TPSA) is 84.0 Å². The Kier molecular flexibility index (Phi) is 5.86. The fourth-order valence-corrected chi connectivity index (χ4v) is 5.96. The van der Waals surface area contributed by atoms with Gasteiger partial charge >= 0.3 is 5.97 Å². The van der Waals surface area contributed by atoms with Gasteiger partial charge in [-0.2, -0.15) is 0 Å². The van der Waals surface area contributed by atoms with Crippen molar-refractivity contribution < 1.29 is 23.9 Å². The van der Waals surface area contributed by atoms with Crippen LogP contribution in [-0.2, 0) is 19.2 Å². The van der Waals surface area contributed by atoms with Crippen LogP contribution in [0.2, 0.25) is 0 Å². The standard InChI is InChI=1S/C31H28N2O5/c1-18-10-12-24-25(14-18)30(36)33(29(24)35)26-13-11-22(15-19(26)2)38-31(37)21-16-28(34)32(17-21)27-9-5-7-20-6-3-4-8-23(20)27/h3-11,13,15,21,24-25H,12,14,16-17H2,1-2H3/t21-,24-,25+/m0/s1. The summed E-state index contributed by atoms with van der Waals surface area (Å²) in [7, 11) is 0. The smallest absolute Gasteiger partial charge is 0.316 e. The maximum atomic E-state index is 13.1. The average molecular weight is 509 g/mol. The van der Waals surface area contributed by atoms with Crippen molar-refractivity contribution >= 4 is 45.8 Å². The number of carbonyl (C=O) groups excluding carboxylic acids is 4. The summed E-state index contributed by atoms with van der Waals surface area (Å²) in [4.78, 5) is 55.0. The number of hydrogen-bond acceptors (Lipinski definition) is 5. The zero-order chi connectivity index (χ0) is 26.6. The van der Waals surface area contributed by atoms with Crippen LogP contribution >= 0.6 is 0 Å². The Bertz CT molecular complexity index is 1540. The van der Waals surface area contributed by atoms with Gasteiger partial charge in [-0.05, 0) is 61.9 Å². The molecule has 0 N–H and O–H groups in total. The lowest BCUT2D eigenvalue weighted by Crippen LogP contribution is -2.31. The number of esters is 1. The first-order valence-corrected chi connectivity index (χ1v) is 13.0. The second-order valence-electron chi connectivity index (χ2n) is 10.5. The van der Waals surface area contributed by atoms with Crippen molar-refractivity contribution in [3.05, 3.63) is 77.9 Å². The molecule has 0 radical (unpaired) electrons. The highest BCUT2D eigenvalue weighted by atomic mass is 16.5. The first-order chi connectivity index (χ1) is 18.3. The van der Waals surface area contributed by atoms with Crippen LogP contribution in [-0.4, -0.2) is 30.2 Å². The minimum absolute atomic E-state index is 0.0755. The van der Waals surface area contributed by atoms with E-state index in [-0.39, 0.29) is 42.5 Å². The minimum atomic E-state index is -0.595. The predicted octanol–water partition coefficient (Wildman–Crippen LogP) is 4.95. The summed E-state index contributed by atoms with van der Waals surface area (Å²) in [5.41, 5.74) is 3.11. The summed E-state index contributed by atoms with van der Waals surface area (Å²) in [6, 6.07) is 18.6. The fraction of sp³-hybridized carbons (Fsp3) is 0.290. The fourth-order valence-electron chi connectivity index (χ4n) is 5.96. The van der Waals surface area contributed by atoms with Crippen LogP contribution in [0.1, 0.15) is 31.7 Å². The Balaban J connectivity index is 1.17. The molecule has 0 aromatic heterocycles. The number of fused-ring (bicyclic) bond motifs is 2. The number of anilines is 2. The van der Waals surface area contributed by atoms with E-state index in [1.807, 2.05) is 55.5 Å². The SMILES string of the molecule is CC1=CC[C@@H]2C(=O)N(c3ccc(OC(=O)[C@H]4CC(=O)N(c5cccc6ccccc56)C4)cc3C)C(=O)[C@@H]2C1. The summed E-state index contributed by atoms with van der Waals surface area (Å²) in [5.74, 6) is -1.83. The molecule has 0 spiro atoms. The Morgan fingerprint density at radius 1 is 0.868 bits per heavy atom. The monoisotopic (exact) mass is 508 g/mol. The Labute approximate surface area is 220 Å². The second kappa shape index (κ2) is 9.24. The molecule has 0 unspecified atom stereocenters. The molecule has 3 atom stereocenters. The first kappa shape index (κ1) is 24.1. The van der Waals surface area contributed by atoms with Gasteiger partial charge in [0.05, 0.1) is 29.1 Å². The lowest BCUT2D eigenvalue weighted by atomic mass is 9.82. The molecule has 38 heavy (non-hydrogen) atoms. The van der Waals surface area contributed by atoms with E-state index >= 15 is 0 Å². The van der Waals surface area contributed by atoms with Gasteiger partial charge in [0.1, 0.15) is 5.75 Å². The number of carbonyl (C=O) groups is 4. The third-order valence-corrected chi connectivity index (χ3v) is 7.97. The van der Waals surface area contributed by atoms with Crippen molar-refractivity contribution in [2.24, 2.45) is 17.8 Å². The Hall–Kier alpha value is -4.26. The van der Waals surface area contributed by atoms with E-state index in [1.165, 1.54) is 4.90 Å². The quantitative estimate of drug-likeness (QED) is 0.215. The molecule has 7 nitrogen and oxygen atoms in total. The molecular weight excluding hydrogens is 480 g/mol. The summed E-state index contributed by atoms with van der Waals surface area (Å²) in [6.07, 6.45) is 3.31. The lowest BCUT2D eigenvalue weighted by molar-refractivity contribution is -0.139. The van der Waals surface area contributed by atoms with E-state index in [4.69, 9.17) is 4.74 Å². The summed E-state index contributed by atoms with van der Waals surface area (Å²) < 4.78 is 5.66. The number of benzene rings is 3. The highest BCUT2D eigenvalue weighted by Crippen LogP contribution is 2.41. The van der Waals surface area contributed by atoms with Gasteiger partial charge in [-0.1, -0.05) is 48.0 Å². The molecule has 3 amide bonds. The molecule has 2 aliphatic heterocycles. The molecule has 1 aliphatic carbocycles. The van der Waals surface area contributed by atoms with E-state index in [0.29, 0.717) is 29.8 Å². The van der Waals surface area contributed by atoms with Crippen LogP contribution in [0.4, 0.5) is 11.4 Å². The maximum Gasteiger partial charge on any atom is 0.316 e. The summed E-state index contributed by atoms with van der Waals surface area (Å²) in [6.45, 7) is 4.03. The molecule has 7 heteroatoms. The van der Waals surface area contributed by atoms with Crippen LogP contribution in [0.25, 0.3) is 10.8 Å². The van der Waals surface area contributed by atoms with Gasteiger partial charge in [0.15, 0.2) is 0 Å². The molecule has 2 heterocycles. The van der Waals surface area contributed by atoms with Gasteiger partial charge < -0.3 is 9.64 Å². The largest absolute Gasteiger partial charge is 0.426 e. The zero-order valence-corrected chi connectivity index (χ0v) is 21.3. The third kappa shape index (κ3) is 3.99. The molecule has 0 saturated carbocycles. The number of amides is 3. The van der Waals surface area contributed by atoms with Crippen molar-refractivity contribution in [2.45, 2.75) is 33.1 Å². The van der Waals surface area contributed by atoms with Crippen LogP contribution in [0.3, 0.4) is 0 Å². The van der Waals surface area contributed by atoms with E-state index in [9.17, 15) is 19.2 Å². The first-order valence-electron chi connectivity index (χ1n) is 13.0.